The van der Waals surface area contributed by atoms with Crippen molar-refractivity contribution in [3.05, 3.63) is 70.4 Å². The highest BCUT2D eigenvalue weighted by Crippen LogP contribution is 2.49. The molecule has 3 aromatic rings. The van der Waals surface area contributed by atoms with E-state index in [4.69, 9.17) is 4.74 Å². The zero-order valence-electron chi connectivity index (χ0n) is 20.9. The molecule has 2 fully saturated rings. The molecule has 38 heavy (non-hydrogen) atoms. The first kappa shape index (κ1) is 23.5. The second kappa shape index (κ2) is 9.03. The molecule has 4 aliphatic heterocycles. The normalized spacial score (nSPS) is 22.4. The number of amides is 3. The highest BCUT2D eigenvalue weighted by molar-refractivity contribution is 7.13. The molecular formula is C29H28N4O4S. The number of rotatable bonds is 4. The van der Waals surface area contributed by atoms with E-state index in [0.29, 0.717) is 25.1 Å². The van der Waals surface area contributed by atoms with Crippen LogP contribution in [0.1, 0.15) is 52.9 Å². The minimum absolute atomic E-state index is 0.0592. The molecule has 0 aliphatic carbocycles. The van der Waals surface area contributed by atoms with Crippen molar-refractivity contribution in [3.8, 4) is 16.2 Å². The zero-order valence-corrected chi connectivity index (χ0v) is 21.8. The fourth-order valence-electron chi connectivity index (χ4n) is 6.45. The average Bonchev–Trinajstić information content (AvgIpc) is 3.63. The summed E-state index contributed by atoms with van der Waals surface area (Å²) in [5.74, 6) is -0.00237. The number of ether oxygens (including phenoxy) is 1. The molecule has 0 saturated carbocycles. The molecule has 4 aliphatic rings. The lowest BCUT2D eigenvalue weighted by molar-refractivity contribution is -0.136. The number of hydrogen-bond donors (Lipinski definition) is 1. The first-order valence-corrected chi connectivity index (χ1v) is 14.0. The number of hydrogen-bond acceptors (Lipinski definition) is 7. The molecule has 1 spiro atoms. The van der Waals surface area contributed by atoms with Gasteiger partial charge in [-0.3, -0.25) is 24.6 Å². The van der Waals surface area contributed by atoms with Gasteiger partial charge in [0.05, 0.1) is 29.2 Å². The van der Waals surface area contributed by atoms with Crippen molar-refractivity contribution >= 4 is 29.1 Å². The van der Waals surface area contributed by atoms with Crippen LogP contribution in [0, 0.1) is 0 Å². The van der Waals surface area contributed by atoms with Gasteiger partial charge in [-0.15, -0.1) is 11.3 Å². The molecule has 0 bridgehead atoms. The summed E-state index contributed by atoms with van der Waals surface area (Å²) >= 11 is 1.69. The SMILES string of the molecule is O=C1CCC(N2Cc3c(ccc4c3OCC43CCN(Cc4ncsc4-c4ccccc4)CC3)C2=O)C(=O)N1. The Balaban J connectivity index is 1.07. The topological polar surface area (TPSA) is 91.8 Å². The van der Waals surface area contributed by atoms with Crippen molar-refractivity contribution in [1.82, 2.24) is 20.1 Å². The smallest absolute Gasteiger partial charge is 0.255 e. The minimum Gasteiger partial charge on any atom is -0.492 e. The van der Waals surface area contributed by atoms with Crippen molar-refractivity contribution < 1.29 is 19.1 Å². The number of carbonyl (C=O) groups excluding carboxylic acids is 3. The van der Waals surface area contributed by atoms with E-state index in [1.807, 2.05) is 17.6 Å². The number of aromatic nitrogens is 1. The minimum atomic E-state index is -0.617. The van der Waals surface area contributed by atoms with Crippen LogP contribution in [-0.4, -0.2) is 58.2 Å². The summed E-state index contributed by atoms with van der Waals surface area (Å²) in [6, 6.07) is 13.8. The van der Waals surface area contributed by atoms with E-state index >= 15 is 0 Å². The number of fused-ring (bicyclic) bond motifs is 4. The number of likely N-dealkylation sites (tertiary alicyclic amines) is 1. The molecule has 2 saturated heterocycles. The molecule has 3 amide bonds. The summed E-state index contributed by atoms with van der Waals surface area (Å²) in [6.45, 7) is 3.69. The molecule has 8 nitrogen and oxygen atoms in total. The second-order valence-corrected chi connectivity index (χ2v) is 11.6. The quantitative estimate of drug-likeness (QED) is 0.522. The van der Waals surface area contributed by atoms with E-state index in [2.05, 4.69) is 45.5 Å². The Morgan fingerprint density at radius 1 is 1.08 bits per heavy atom. The highest BCUT2D eigenvalue weighted by atomic mass is 32.1. The largest absolute Gasteiger partial charge is 0.492 e. The van der Waals surface area contributed by atoms with Crippen LogP contribution < -0.4 is 10.1 Å². The number of benzene rings is 2. The monoisotopic (exact) mass is 528 g/mol. The Morgan fingerprint density at radius 3 is 2.68 bits per heavy atom. The van der Waals surface area contributed by atoms with Crippen molar-refractivity contribution in [2.45, 2.75) is 50.2 Å². The van der Waals surface area contributed by atoms with Crippen LogP contribution >= 0.6 is 11.3 Å². The van der Waals surface area contributed by atoms with Crippen LogP contribution in [0.5, 0.6) is 5.75 Å². The third-order valence-electron chi connectivity index (χ3n) is 8.59. The van der Waals surface area contributed by atoms with Gasteiger partial charge >= 0.3 is 0 Å². The number of nitrogens with zero attached hydrogens (tertiary/aromatic N) is 3. The maximum Gasteiger partial charge on any atom is 0.255 e. The summed E-state index contributed by atoms with van der Waals surface area (Å²) < 4.78 is 6.32. The summed E-state index contributed by atoms with van der Waals surface area (Å²) in [5, 5.41) is 2.37. The van der Waals surface area contributed by atoms with Gasteiger partial charge in [0, 0.05) is 35.1 Å². The van der Waals surface area contributed by atoms with Crippen LogP contribution in [0.25, 0.3) is 10.4 Å². The standard InChI is InChI=1S/C29H28N4O4S/c34-24-9-8-23(27(35)31-24)33-14-20-19(28(33)36)6-7-21-25(20)37-16-29(21)10-12-32(13-11-29)15-22-26(38-17-30-22)18-4-2-1-3-5-18/h1-7,17,23H,8-16H2,(H,31,34,35). The molecule has 5 heterocycles. The van der Waals surface area contributed by atoms with Crippen LogP contribution in [0.3, 0.4) is 0 Å². The van der Waals surface area contributed by atoms with Gasteiger partial charge < -0.3 is 9.64 Å². The van der Waals surface area contributed by atoms with E-state index in [0.717, 1.165) is 49.5 Å². The molecule has 1 N–H and O–H groups in total. The lowest BCUT2D eigenvalue weighted by atomic mass is 9.74. The Hall–Kier alpha value is -3.56. The van der Waals surface area contributed by atoms with Crippen molar-refractivity contribution in [2.75, 3.05) is 19.7 Å². The Kier molecular flexibility index (Phi) is 5.59. The van der Waals surface area contributed by atoms with Crippen molar-refractivity contribution in [1.29, 1.82) is 0 Å². The lowest BCUT2D eigenvalue weighted by Crippen LogP contribution is -2.52. The molecule has 194 valence electrons. The Morgan fingerprint density at radius 2 is 1.89 bits per heavy atom. The van der Waals surface area contributed by atoms with Crippen LogP contribution in [0.15, 0.2) is 48.0 Å². The maximum absolute atomic E-state index is 13.2. The summed E-state index contributed by atoms with van der Waals surface area (Å²) in [5.41, 5.74) is 6.90. The molecule has 2 aromatic carbocycles. The van der Waals surface area contributed by atoms with E-state index in [-0.39, 0.29) is 29.6 Å². The van der Waals surface area contributed by atoms with Gasteiger partial charge in [-0.05, 0) is 44.0 Å². The third kappa shape index (κ3) is 3.75. The summed E-state index contributed by atoms with van der Waals surface area (Å²) in [4.78, 5) is 47.2. The lowest BCUT2D eigenvalue weighted by Gasteiger charge is -2.38. The second-order valence-electron chi connectivity index (χ2n) is 10.7. The van der Waals surface area contributed by atoms with Crippen LogP contribution in [0.2, 0.25) is 0 Å². The van der Waals surface area contributed by atoms with E-state index < -0.39 is 6.04 Å². The van der Waals surface area contributed by atoms with Gasteiger partial charge in [-0.1, -0.05) is 36.4 Å². The number of thiazole rings is 1. The predicted molar refractivity (Wildman–Crippen MR) is 142 cm³/mol. The molecule has 0 radical (unpaired) electrons. The van der Waals surface area contributed by atoms with Crippen LogP contribution in [-0.2, 0) is 28.1 Å². The number of imide groups is 1. The molecule has 1 unspecified atom stereocenters. The molecule has 9 heteroatoms. The van der Waals surface area contributed by atoms with Gasteiger partial charge in [0.25, 0.3) is 5.91 Å². The average molecular weight is 529 g/mol. The Labute approximate surface area is 224 Å². The summed E-state index contributed by atoms with van der Waals surface area (Å²) in [6.07, 6.45) is 2.57. The summed E-state index contributed by atoms with van der Waals surface area (Å²) in [7, 11) is 0. The van der Waals surface area contributed by atoms with E-state index in [9.17, 15) is 14.4 Å². The van der Waals surface area contributed by atoms with E-state index in [1.54, 1.807) is 16.2 Å². The molecule has 1 aromatic heterocycles. The van der Waals surface area contributed by atoms with Gasteiger partial charge in [0.15, 0.2) is 0 Å². The first-order valence-electron chi connectivity index (χ1n) is 13.2. The number of carbonyl (C=O) groups is 3. The Bertz CT molecular complexity index is 1440. The van der Waals surface area contributed by atoms with Crippen LogP contribution in [0.4, 0.5) is 0 Å². The predicted octanol–water partition coefficient (Wildman–Crippen LogP) is 3.50. The van der Waals surface area contributed by atoms with Crippen molar-refractivity contribution in [3.63, 3.8) is 0 Å². The number of nitrogens with one attached hydrogen (secondary N) is 1. The van der Waals surface area contributed by atoms with Gasteiger partial charge in [0.1, 0.15) is 11.8 Å². The zero-order chi connectivity index (χ0) is 25.9. The molecular weight excluding hydrogens is 500 g/mol. The van der Waals surface area contributed by atoms with Gasteiger partial charge in [-0.25, -0.2) is 4.98 Å². The number of piperidine rings is 2. The van der Waals surface area contributed by atoms with E-state index in [1.165, 1.54) is 16.0 Å². The maximum atomic E-state index is 13.2. The molecule has 7 rings (SSSR count). The van der Waals surface area contributed by atoms with Gasteiger partial charge in [0.2, 0.25) is 11.8 Å². The highest BCUT2D eigenvalue weighted by Gasteiger charge is 2.47. The first-order chi connectivity index (χ1) is 18.5. The molecule has 1 atom stereocenters. The fraction of sp³-hybridized carbons (Fsp3) is 0.379. The fourth-order valence-corrected chi connectivity index (χ4v) is 7.27. The van der Waals surface area contributed by atoms with Gasteiger partial charge in [-0.2, -0.15) is 0 Å². The van der Waals surface area contributed by atoms with Crippen molar-refractivity contribution in [2.24, 2.45) is 0 Å². The third-order valence-corrected chi connectivity index (χ3v) is 9.51.